The topological polar surface area (TPSA) is 66.7 Å². The summed E-state index contributed by atoms with van der Waals surface area (Å²) in [5, 5.41) is 16.5. The van der Waals surface area contributed by atoms with Crippen molar-refractivity contribution in [2.75, 3.05) is 51.2 Å². The number of hydrogen-bond donors (Lipinski definition) is 2. The summed E-state index contributed by atoms with van der Waals surface area (Å²) < 4.78 is 0. The lowest BCUT2D eigenvalue weighted by Crippen LogP contribution is -2.51. The molecule has 0 bridgehead atoms. The molecule has 1 unspecified atom stereocenters. The molecule has 3 rings (SSSR count). The van der Waals surface area contributed by atoms with Crippen LogP contribution in [0, 0.1) is 17.2 Å². The van der Waals surface area contributed by atoms with Gasteiger partial charge in [0, 0.05) is 32.7 Å². The van der Waals surface area contributed by atoms with Gasteiger partial charge >= 0.3 is 0 Å². The predicted molar refractivity (Wildman–Crippen MR) is 136 cm³/mol. The molecule has 7 heteroatoms. The average Bonchev–Trinajstić information content (AvgIpc) is 2.79. The van der Waals surface area contributed by atoms with Gasteiger partial charge < -0.3 is 20.4 Å². The van der Waals surface area contributed by atoms with Crippen molar-refractivity contribution in [3.63, 3.8) is 0 Å². The summed E-state index contributed by atoms with van der Waals surface area (Å²) in [5.74, 6) is 1.73. The number of aliphatic imine (C=N–C) groups is 1. The van der Waals surface area contributed by atoms with E-state index in [-0.39, 0.29) is 24.0 Å². The van der Waals surface area contributed by atoms with Crippen molar-refractivity contribution in [1.82, 2.24) is 15.5 Å². The number of anilines is 1. The molecular weight excluding hydrogens is 487 g/mol. The van der Waals surface area contributed by atoms with Crippen molar-refractivity contribution in [3.8, 4) is 6.07 Å². The van der Waals surface area contributed by atoms with Gasteiger partial charge in [-0.25, -0.2) is 0 Å². The van der Waals surface area contributed by atoms with Gasteiger partial charge in [-0.05, 0) is 69.8 Å². The summed E-state index contributed by atoms with van der Waals surface area (Å²) in [5.41, 5.74) is 1.80. The fourth-order valence-electron chi connectivity index (χ4n) is 4.53. The fourth-order valence-corrected chi connectivity index (χ4v) is 4.53. The second kappa shape index (κ2) is 13.0. The van der Waals surface area contributed by atoms with E-state index in [1.54, 1.807) is 0 Å². The van der Waals surface area contributed by atoms with E-state index < -0.39 is 0 Å². The van der Waals surface area contributed by atoms with Gasteiger partial charge in [-0.15, -0.1) is 24.0 Å². The highest BCUT2D eigenvalue weighted by molar-refractivity contribution is 14.0. The Morgan fingerprint density at radius 3 is 2.67 bits per heavy atom. The Morgan fingerprint density at radius 2 is 1.97 bits per heavy atom. The van der Waals surface area contributed by atoms with Crippen LogP contribution in [-0.2, 0) is 0 Å². The molecule has 0 aliphatic carbocycles. The molecule has 0 saturated carbocycles. The summed E-state index contributed by atoms with van der Waals surface area (Å²) in [6.07, 6.45) is 6.09. The lowest BCUT2D eigenvalue weighted by atomic mass is 9.93. The smallest absolute Gasteiger partial charge is 0.191 e. The van der Waals surface area contributed by atoms with Gasteiger partial charge in [0.15, 0.2) is 5.96 Å². The third-order valence-corrected chi connectivity index (χ3v) is 6.35. The van der Waals surface area contributed by atoms with E-state index in [0.717, 1.165) is 55.6 Å². The number of rotatable bonds is 6. The Kier molecular flexibility index (Phi) is 10.7. The number of likely N-dealkylation sites (tertiary alicyclic amines) is 1. The number of hydrogen-bond acceptors (Lipinski definition) is 4. The maximum Gasteiger partial charge on any atom is 0.191 e. The van der Waals surface area contributed by atoms with Crippen LogP contribution in [0.25, 0.3) is 0 Å². The number of halogens is 1. The Bertz CT molecular complexity index is 708. The van der Waals surface area contributed by atoms with Crippen molar-refractivity contribution in [3.05, 3.63) is 29.8 Å². The third-order valence-electron chi connectivity index (χ3n) is 6.35. The first-order chi connectivity index (χ1) is 14.2. The minimum Gasteiger partial charge on any atom is -0.368 e. The van der Waals surface area contributed by atoms with Crippen LogP contribution in [0.4, 0.5) is 5.69 Å². The van der Waals surface area contributed by atoms with Gasteiger partial charge in [0.05, 0.1) is 11.3 Å². The first-order valence-corrected chi connectivity index (χ1v) is 11.2. The zero-order valence-corrected chi connectivity index (χ0v) is 20.8. The van der Waals surface area contributed by atoms with Crippen LogP contribution in [0.15, 0.2) is 29.3 Å². The molecule has 2 fully saturated rings. The van der Waals surface area contributed by atoms with Crippen LogP contribution < -0.4 is 15.5 Å². The Morgan fingerprint density at radius 1 is 1.20 bits per heavy atom. The molecule has 0 amide bonds. The molecule has 1 aromatic carbocycles. The van der Waals surface area contributed by atoms with E-state index in [4.69, 9.17) is 0 Å². The monoisotopic (exact) mass is 524 g/mol. The molecule has 2 aliphatic heterocycles. The van der Waals surface area contributed by atoms with E-state index in [2.05, 4.69) is 44.5 Å². The minimum atomic E-state index is 0. The lowest BCUT2D eigenvalue weighted by molar-refractivity contribution is 0.187. The summed E-state index contributed by atoms with van der Waals surface area (Å²) in [4.78, 5) is 9.31. The molecule has 0 aromatic heterocycles. The molecule has 166 valence electrons. The Labute approximate surface area is 199 Å². The van der Waals surface area contributed by atoms with Crippen LogP contribution in [0.5, 0.6) is 0 Å². The molecular formula is C23H37IN6. The SMILES string of the molecule is CCN1CCC(CCNC(=NC)NC2CCCN(c3ccccc3C#N)C2)CC1.I. The largest absolute Gasteiger partial charge is 0.368 e. The fraction of sp³-hybridized carbons (Fsp3) is 0.652. The van der Waals surface area contributed by atoms with Crippen LogP contribution in [-0.4, -0.2) is 63.2 Å². The third kappa shape index (κ3) is 7.02. The molecule has 30 heavy (non-hydrogen) atoms. The molecule has 2 aliphatic rings. The second-order valence-electron chi connectivity index (χ2n) is 8.22. The number of nitrogens with zero attached hydrogens (tertiary/aromatic N) is 4. The van der Waals surface area contributed by atoms with Crippen LogP contribution in [0.2, 0.25) is 0 Å². The molecule has 2 saturated heterocycles. The summed E-state index contributed by atoms with van der Waals surface area (Å²) >= 11 is 0. The quantitative estimate of drug-likeness (QED) is 0.339. The van der Waals surface area contributed by atoms with Gasteiger partial charge in [0.1, 0.15) is 6.07 Å². The van der Waals surface area contributed by atoms with Crippen molar-refractivity contribution in [2.24, 2.45) is 10.9 Å². The molecule has 2 heterocycles. The minimum absolute atomic E-state index is 0. The van der Waals surface area contributed by atoms with E-state index in [0.29, 0.717) is 6.04 Å². The molecule has 2 N–H and O–H groups in total. The zero-order valence-electron chi connectivity index (χ0n) is 18.4. The van der Waals surface area contributed by atoms with Gasteiger partial charge in [0.2, 0.25) is 0 Å². The number of piperidine rings is 2. The molecule has 1 aromatic rings. The maximum atomic E-state index is 9.41. The Balaban J connectivity index is 0.00000320. The van der Waals surface area contributed by atoms with Gasteiger partial charge in [-0.1, -0.05) is 19.1 Å². The number of nitriles is 1. The van der Waals surface area contributed by atoms with Crippen LogP contribution in [0.1, 0.15) is 44.6 Å². The number of benzene rings is 1. The van der Waals surface area contributed by atoms with Gasteiger partial charge in [-0.3, -0.25) is 4.99 Å². The molecule has 1 atom stereocenters. The highest BCUT2D eigenvalue weighted by Crippen LogP contribution is 2.23. The molecule has 0 radical (unpaired) electrons. The standard InChI is InChI=1S/C23H36N6.HI/c1-3-28-15-11-19(12-16-28)10-13-26-23(25-2)27-21-8-6-14-29(18-21)22-9-5-4-7-20(22)17-24;/h4-5,7,9,19,21H,3,6,8,10-16,18H2,1-2H3,(H2,25,26,27);1H. The Hall–Kier alpha value is -1.53. The lowest BCUT2D eigenvalue weighted by Gasteiger charge is -2.36. The number of nitrogens with one attached hydrogen (secondary N) is 2. The van der Waals surface area contributed by atoms with Gasteiger partial charge in [-0.2, -0.15) is 5.26 Å². The first kappa shape index (κ1) is 24.7. The van der Waals surface area contributed by atoms with Crippen molar-refractivity contribution in [1.29, 1.82) is 5.26 Å². The highest BCUT2D eigenvalue weighted by atomic mass is 127. The van der Waals surface area contributed by atoms with Gasteiger partial charge in [0.25, 0.3) is 0 Å². The number of para-hydroxylation sites is 1. The zero-order chi connectivity index (χ0) is 20.5. The van der Waals surface area contributed by atoms with Crippen molar-refractivity contribution < 1.29 is 0 Å². The second-order valence-corrected chi connectivity index (χ2v) is 8.22. The highest BCUT2D eigenvalue weighted by Gasteiger charge is 2.23. The predicted octanol–water partition coefficient (Wildman–Crippen LogP) is 3.43. The van der Waals surface area contributed by atoms with Crippen molar-refractivity contribution >= 4 is 35.6 Å². The average molecular weight is 524 g/mol. The molecule has 0 spiro atoms. The van der Waals surface area contributed by atoms with Crippen molar-refractivity contribution in [2.45, 2.75) is 45.1 Å². The van der Waals surface area contributed by atoms with E-state index in [1.807, 2.05) is 25.2 Å². The van der Waals surface area contributed by atoms with E-state index in [1.165, 1.54) is 38.9 Å². The van der Waals surface area contributed by atoms with E-state index in [9.17, 15) is 5.26 Å². The maximum absolute atomic E-state index is 9.41. The first-order valence-electron chi connectivity index (χ1n) is 11.2. The molecule has 6 nitrogen and oxygen atoms in total. The van der Waals surface area contributed by atoms with Crippen LogP contribution >= 0.6 is 24.0 Å². The summed E-state index contributed by atoms with van der Waals surface area (Å²) in [7, 11) is 1.85. The summed E-state index contributed by atoms with van der Waals surface area (Å²) in [6.45, 7) is 8.80. The normalized spacial score (nSPS) is 20.9. The summed E-state index contributed by atoms with van der Waals surface area (Å²) in [6, 6.07) is 10.6. The van der Waals surface area contributed by atoms with E-state index >= 15 is 0 Å². The number of guanidine groups is 1. The van der Waals surface area contributed by atoms with Crippen LogP contribution in [0.3, 0.4) is 0 Å².